The highest BCUT2D eigenvalue weighted by Gasteiger charge is 2.19. The van der Waals surface area contributed by atoms with E-state index in [4.69, 9.17) is 4.74 Å². The molecule has 0 atom stereocenters. The Morgan fingerprint density at radius 1 is 1.03 bits per heavy atom. The molecule has 1 saturated heterocycles. The van der Waals surface area contributed by atoms with E-state index < -0.39 is 0 Å². The number of aromatic nitrogens is 2. The number of hydrogen-bond acceptors (Lipinski definition) is 4. The summed E-state index contributed by atoms with van der Waals surface area (Å²) in [7, 11) is 1.83. The molecule has 1 fully saturated rings. The van der Waals surface area contributed by atoms with E-state index in [0.29, 0.717) is 12.1 Å². The van der Waals surface area contributed by atoms with Crippen LogP contribution in [0.4, 0.5) is 5.69 Å². The van der Waals surface area contributed by atoms with E-state index in [1.54, 1.807) is 15.8 Å². The number of nitrogens with zero attached hydrogens (tertiary/aromatic N) is 4. The van der Waals surface area contributed by atoms with Crippen LogP contribution in [0.2, 0.25) is 0 Å². The molecule has 0 radical (unpaired) electrons. The quantitative estimate of drug-likeness (QED) is 0.671. The molecule has 2 heterocycles. The maximum Gasteiger partial charge on any atom is 0.257 e. The van der Waals surface area contributed by atoms with E-state index in [-0.39, 0.29) is 5.91 Å². The van der Waals surface area contributed by atoms with Gasteiger partial charge in [-0.15, -0.1) is 0 Å². The SMILES string of the molecule is Cc1c(C(=O)N(C)Cc2ccc(N3CCOCC3)cc2)cnn1-c1ccccc1. The first kappa shape index (κ1) is 19.2. The number of rotatable bonds is 5. The Kier molecular flexibility index (Phi) is 5.62. The van der Waals surface area contributed by atoms with Crippen LogP contribution >= 0.6 is 0 Å². The number of amides is 1. The summed E-state index contributed by atoms with van der Waals surface area (Å²) in [4.78, 5) is 17.0. The summed E-state index contributed by atoms with van der Waals surface area (Å²) in [5.74, 6) is -0.0260. The zero-order chi connectivity index (χ0) is 20.2. The lowest BCUT2D eigenvalue weighted by atomic mass is 10.1. The molecule has 0 aliphatic carbocycles. The molecule has 1 aromatic heterocycles. The second-order valence-electron chi connectivity index (χ2n) is 7.32. The van der Waals surface area contributed by atoms with Crippen molar-refractivity contribution in [2.45, 2.75) is 13.5 Å². The van der Waals surface area contributed by atoms with Gasteiger partial charge in [-0.05, 0) is 36.8 Å². The van der Waals surface area contributed by atoms with Crippen molar-refractivity contribution < 1.29 is 9.53 Å². The predicted molar refractivity (Wildman–Crippen MR) is 114 cm³/mol. The summed E-state index contributed by atoms with van der Waals surface area (Å²) >= 11 is 0. The first-order chi connectivity index (χ1) is 14.1. The van der Waals surface area contributed by atoms with Gasteiger partial charge >= 0.3 is 0 Å². The second-order valence-corrected chi connectivity index (χ2v) is 7.32. The van der Waals surface area contributed by atoms with Gasteiger partial charge in [-0.3, -0.25) is 4.79 Å². The van der Waals surface area contributed by atoms with Crippen molar-refractivity contribution in [3.8, 4) is 5.69 Å². The average molecular weight is 390 g/mol. The highest BCUT2D eigenvalue weighted by molar-refractivity contribution is 5.95. The van der Waals surface area contributed by atoms with Gasteiger partial charge in [0, 0.05) is 32.4 Å². The monoisotopic (exact) mass is 390 g/mol. The molecule has 6 nitrogen and oxygen atoms in total. The topological polar surface area (TPSA) is 50.6 Å². The van der Waals surface area contributed by atoms with Gasteiger partial charge in [0.15, 0.2) is 0 Å². The van der Waals surface area contributed by atoms with Crippen molar-refractivity contribution in [1.29, 1.82) is 0 Å². The number of hydrogen-bond donors (Lipinski definition) is 0. The zero-order valence-electron chi connectivity index (χ0n) is 16.9. The van der Waals surface area contributed by atoms with Crippen LogP contribution in [0, 0.1) is 6.92 Å². The molecule has 3 aromatic rings. The van der Waals surface area contributed by atoms with Crippen molar-refractivity contribution in [2.75, 3.05) is 38.3 Å². The van der Waals surface area contributed by atoms with Gasteiger partial charge < -0.3 is 14.5 Å². The third kappa shape index (κ3) is 4.17. The number of carbonyl (C=O) groups is 1. The standard InChI is InChI=1S/C23H26N4O2/c1-18-22(16-24-27(18)21-6-4-3-5-7-21)23(28)25(2)17-19-8-10-20(11-9-19)26-12-14-29-15-13-26/h3-11,16H,12-15,17H2,1-2H3. The molecule has 1 amide bonds. The van der Waals surface area contributed by atoms with E-state index in [0.717, 1.165) is 43.2 Å². The van der Waals surface area contributed by atoms with Gasteiger partial charge in [-0.2, -0.15) is 5.10 Å². The zero-order valence-corrected chi connectivity index (χ0v) is 16.9. The number of anilines is 1. The van der Waals surface area contributed by atoms with Crippen LogP contribution in [0.1, 0.15) is 21.6 Å². The van der Waals surface area contributed by atoms with Crippen LogP contribution in [0.5, 0.6) is 0 Å². The Bertz CT molecular complexity index is 960. The van der Waals surface area contributed by atoms with Gasteiger partial charge in [0.05, 0.1) is 36.4 Å². The van der Waals surface area contributed by atoms with E-state index in [2.05, 4.69) is 34.3 Å². The first-order valence-corrected chi connectivity index (χ1v) is 9.90. The van der Waals surface area contributed by atoms with Crippen LogP contribution < -0.4 is 4.90 Å². The third-order valence-corrected chi connectivity index (χ3v) is 5.32. The fourth-order valence-electron chi connectivity index (χ4n) is 3.63. The summed E-state index contributed by atoms with van der Waals surface area (Å²) < 4.78 is 7.22. The number of benzene rings is 2. The molecule has 0 N–H and O–H groups in total. The Balaban J connectivity index is 1.44. The molecule has 2 aromatic carbocycles. The molecule has 6 heteroatoms. The van der Waals surface area contributed by atoms with Crippen molar-refractivity contribution in [3.63, 3.8) is 0 Å². The van der Waals surface area contributed by atoms with Crippen molar-refractivity contribution in [1.82, 2.24) is 14.7 Å². The van der Waals surface area contributed by atoms with Gasteiger partial charge in [0.2, 0.25) is 0 Å². The second kappa shape index (κ2) is 8.49. The molecule has 0 saturated carbocycles. The van der Waals surface area contributed by atoms with Crippen LogP contribution in [0.15, 0.2) is 60.8 Å². The molecule has 1 aliphatic rings. The van der Waals surface area contributed by atoms with Crippen LogP contribution in [-0.2, 0) is 11.3 Å². The lowest BCUT2D eigenvalue weighted by Crippen LogP contribution is -2.36. The summed E-state index contributed by atoms with van der Waals surface area (Å²) in [5.41, 5.74) is 4.72. The molecule has 0 unspecified atom stereocenters. The first-order valence-electron chi connectivity index (χ1n) is 9.90. The summed E-state index contributed by atoms with van der Waals surface area (Å²) in [6, 6.07) is 18.3. The molecule has 29 heavy (non-hydrogen) atoms. The molecule has 0 spiro atoms. The third-order valence-electron chi connectivity index (χ3n) is 5.32. The Labute approximate surface area is 171 Å². The lowest BCUT2D eigenvalue weighted by Gasteiger charge is -2.29. The van der Waals surface area contributed by atoms with E-state index in [9.17, 15) is 4.79 Å². The molecule has 0 bridgehead atoms. The van der Waals surface area contributed by atoms with E-state index >= 15 is 0 Å². The van der Waals surface area contributed by atoms with E-state index in [1.807, 2.05) is 44.3 Å². The molecular weight excluding hydrogens is 364 g/mol. The summed E-state index contributed by atoms with van der Waals surface area (Å²) in [6.45, 7) is 5.87. The largest absolute Gasteiger partial charge is 0.378 e. The minimum atomic E-state index is -0.0260. The van der Waals surface area contributed by atoms with E-state index in [1.165, 1.54) is 5.69 Å². The average Bonchev–Trinajstić information content (AvgIpc) is 3.16. The van der Waals surface area contributed by atoms with Crippen molar-refractivity contribution >= 4 is 11.6 Å². The Morgan fingerprint density at radius 2 is 1.72 bits per heavy atom. The number of carbonyl (C=O) groups excluding carboxylic acids is 1. The van der Waals surface area contributed by atoms with Crippen LogP contribution in [0.25, 0.3) is 5.69 Å². The highest BCUT2D eigenvalue weighted by atomic mass is 16.5. The lowest BCUT2D eigenvalue weighted by molar-refractivity contribution is 0.0784. The van der Waals surface area contributed by atoms with Crippen LogP contribution in [-0.4, -0.2) is 53.9 Å². The molecule has 4 rings (SSSR count). The maximum atomic E-state index is 13.0. The minimum absolute atomic E-state index is 0.0260. The number of morpholine rings is 1. The molecule has 1 aliphatic heterocycles. The highest BCUT2D eigenvalue weighted by Crippen LogP contribution is 2.19. The molecule has 150 valence electrons. The number of para-hydroxylation sites is 1. The van der Waals surface area contributed by atoms with Gasteiger partial charge in [0.1, 0.15) is 0 Å². The van der Waals surface area contributed by atoms with Crippen molar-refractivity contribution in [2.24, 2.45) is 0 Å². The minimum Gasteiger partial charge on any atom is -0.378 e. The summed E-state index contributed by atoms with van der Waals surface area (Å²) in [6.07, 6.45) is 1.66. The molecular formula is C23H26N4O2. The smallest absolute Gasteiger partial charge is 0.257 e. The fraction of sp³-hybridized carbons (Fsp3) is 0.304. The van der Waals surface area contributed by atoms with Crippen LogP contribution in [0.3, 0.4) is 0 Å². The van der Waals surface area contributed by atoms with Gasteiger partial charge in [-0.1, -0.05) is 30.3 Å². The number of ether oxygens (including phenoxy) is 1. The Hall–Kier alpha value is -3.12. The Morgan fingerprint density at radius 3 is 2.41 bits per heavy atom. The fourth-order valence-corrected chi connectivity index (χ4v) is 3.63. The van der Waals surface area contributed by atoms with Gasteiger partial charge in [-0.25, -0.2) is 4.68 Å². The normalized spacial score (nSPS) is 14.1. The summed E-state index contributed by atoms with van der Waals surface area (Å²) in [5, 5.41) is 4.41. The predicted octanol–water partition coefficient (Wildman–Crippen LogP) is 3.29. The van der Waals surface area contributed by atoms with Gasteiger partial charge in [0.25, 0.3) is 5.91 Å². The van der Waals surface area contributed by atoms with Crippen molar-refractivity contribution in [3.05, 3.63) is 77.6 Å². The maximum absolute atomic E-state index is 13.0.